The Kier molecular flexibility index (Phi) is 5.41. The first kappa shape index (κ1) is 20.3. The molecule has 3 aromatic rings. The number of likely N-dealkylation sites (tertiary alicyclic amines) is 1. The number of rotatable bonds is 4. The Labute approximate surface area is 175 Å². The van der Waals surface area contributed by atoms with E-state index in [4.69, 9.17) is 13.9 Å². The molecule has 1 aromatic heterocycles. The number of methoxy groups -OCH3 is 1. The van der Waals surface area contributed by atoms with Gasteiger partial charge in [0.15, 0.2) is 6.61 Å². The van der Waals surface area contributed by atoms with Crippen LogP contribution in [-0.4, -0.2) is 37.6 Å². The van der Waals surface area contributed by atoms with Gasteiger partial charge in [-0.3, -0.25) is 4.79 Å². The smallest absolute Gasteiger partial charge is 0.344 e. The molecule has 1 aliphatic rings. The number of piperidine rings is 1. The van der Waals surface area contributed by atoms with Gasteiger partial charge in [-0.2, -0.15) is 0 Å². The van der Waals surface area contributed by atoms with Crippen molar-refractivity contribution in [3.05, 3.63) is 46.3 Å². The first-order chi connectivity index (χ1) is 14.4. The molecular formula is C24H27NO5. The van der Waals surface area contributed by atoms with Crippen LogP contribution in [0.1, 0.15) is 25.8 Å². The molecule has 158 valence electrons. The topological polar surface area (TPSA) is 69.0 Å². The van der Waals surface area contributed by atoms with Crippen LogP contribution in [-0.2, 0) is 4.79 Å². The maximum atomic E-state index is 12.6. The van der Waals surface area contributed by atoms with Gasteiger partial charge in [0.05, 0.1) is 12.5 Å². The van der Waals surface area contributed by atoms with Crippen molar-refractivity contribution in [3.8, 4) is 11.5 Å². The van der Waals surface area contributed by atoms with Gasteiger partial charge < -0.3 is 18.8 Å². The molecule has 6 heteroatoms. The van der Waals surface area contributed by atoms with Gasteiger partial charge in [0, 0.05) is 29.4 Å². The van der Waals surface area contributed by atoms with Crippen LogP contribution in [0.15, 0.2) is 39.5 Å². The van der Waals surface area contributed by atoms with Gasteiger partial charge >= 0.3 is 5.63 Å². The Hall–Kier alpha value is -3.02. The van der Waals surface area contributed by atoms with Crippen molar-refractivity contribution in [3.63, 3.8) is 0 Å². The Morgan fingerprint density at radius 3 is 2.50 bits per heavy atom. The maximum Gasteiger partial charge on any atom is 0.344 e. The lowest BCUT2D eigenvalue weighted by molar-refractivity contribution is -0.136. The van der Waals surface area contributed by atoms with Crippen molar-refractivity contribution in [2.45, 2.75) is 27.2 Å². The fraction of sp³-hybridized carbons (Fsp3) is 0.417. The second kappa shape index (κ2) is 8.01. The van der Waals surface area contributed by atoms with E-state index in [-0.39, 0.29) is 12.5 Å². The molecule has 2 aromatic carbocycles. The number of carbonyl (C=O) groups excluding carboxylic acids is 1. The summed E-state index contributed by atoms with van der Waals surface area (Å²) in [7, 11) is 1.56. The number of nitrogens with zero attached hydrogens (tertiary/aromatic N) is 1. The Morgan fingerprint density at radius 1 is 1.10 bits per heavy atom. The minimum atomic E-state index is -0.427. The third-order valence-electron chi connectivity index (χ3n) is 5.86. The summed E-state index contributed by atoms with van der Waals surface area (Å²) in [6, 6.07) is 9.05. The second-order valence-corrected chi connectivity index (χ2v) is 8.40. The molecule has 0 N–H and O–H groups in total. The molecule has 1 saturated heterocycles. The van der Waals surface area contributed by atoms with E-state index in [0.29, 0.717) is 39.9 Å². The van der Waals surface area contributed by atoms with Crippen LogP contribution in [0.25, 0.3) is 21.7 Å². The van der Waals surface area contributed by atoms with Crippen LogP contribution < -0.4 is 15.1 Å². The Morgan fingerprint density at radius 2 is 1.80 bits per heavy atom. The van der Waals surface area contributed by atoms with Crippen LogP contribution in [0.4, 0.5) is 0 Å². The van der Waals surface area contributed by atoms with E-state index in [9.17, 15) is 9.59 Å². The van der Waals surface area contributed by atoms with Gasteiger partial charge in [0.1, 0.15) is 17.1 Å². The van der Waals surface area contributed by atoms with Crippen molar-refractivity contribution >= 4 is 27.6 Å². The summed E-state index contributed by atoms with van der Waals surface area (Å²) in [4.78, 5) is 27.1. The first-order valence-corrected chi connectivity index (χ1v) is 10.3. The standard InChI is InChI=1S/C24H27NO5/c1-14-9-15(2)12-25(11-14)22(26)13-29-21-8-7-19-18-6-5-17(28-4)10-20(18)24(27)30-23(19)16(21)3/h5-8,10,14-15H,9,11-13H2,1-4H3/t14-,15-/m1/s1. The highest BCUT2D eigenvalue weighted by Gasteiger charge is 2.25. The molecule has 0 radical (unpaired) electrons. The van der Waals surface area contributed by atoms with Crippen LogP contribution in [0.3, 0.4) is 0 Å². The second-order valence-electron chi connectivity index (χ2n) is 8.40. The van der Waals surface area contributed by atoms with Gasteiger partial charge in [-0.15, -0.1) is 0 Å². The van der Waals surface area contributed by atoms with E-state index < -0.39 is 5.63 Å². The summed E-state index contributed by atoms with van der Waals surface area (Å²) >= 11 is 0. The first-order valence-electron chi connectivity index (χ1n) is 10.3. The van der Waals surface area contributed by atoms with Crippen LogP contribution >= 0.6 is 0 Å². The number of benzene rings is 2. The number of amides is 1. The number of fused-ring (bicyclic) bond motifs is 3. The third-order valence-corrected chi connectivity index (χ3v) is 5.86. The summed E-state index contributed by atoms with van der Waals surface area (Å²) in [5.41, 5.74) is 0.752. The van der Waals surface area contributed by atoms with E-state index >= 15 is 0 Å². The predicted molar refractivity (Wildman–Crippen MR) is 116 cm³/mol. The highest BCUT2D eigenvalue weighted by Crippen LogP contribution is 2.32. The van der Waals surface area contributed by atoms with E-state index in [2.05, 4.69) is 13.8 Å². The highest BCUT2D eigenvalue weighted by molar-refractivity contribution is 6.06. The van der Waals surface area contributed by atoms with Crippen LogP contribution in [0, 0.1) is 18.8 Å². The molecule has 1 fully saturated rings. The molecule has 1 aliphatic heterocycles. The molecule has 30 heavy (non-hydrogen) atoms. The molecule has 0 saturated carbocycles. The monoisotopic (exact) mass is 409 g/mol. The zero-order valence-electron chi connectivity index (χ0n) is 17.9. The lowest BCUT2D eigenvalue weighted by Crippen LogP contribution is -2.44. The quantitative estimate of drug-likeness (QED) is 0.478. The minimum absolute atomic E-state index is 0.0139. The normalized spacial score (nSPS) is 19.3. The van der Waals surface area contributed by atoms with E-state index in [0.717, 1.165) is 30.3 Å². The number of aryl methyl sites for hydroxylation is 1. The lowest BCUT2D eigenvalue weighted by atomic mass is 9.92. The van der Waals surface area contributed by atoms with E-state index in [1.54, 1.807) is 13.2 Å². The van der Waals surface area contributed by atoms with Gasteiger partial charge in [-0.1, -0.05) is 13.8 Å². The minimum Gasteiger partial charge on any atom is -0.497 e. The van der Waals surface area contributed by atoms with E-state index in [1.165, 1.54) is 0 Å². The summed E-state index contributed by atoms with van der Waals surface area (Å²) in [6.07, 6.45) is 1.15. The molecule has 0 unspecified atom stereocenters. The molecule has 0 bridgehead atoms. The average Bonchev–Trinajstić information content (AvgIpc) is 2.72. The average molecular weight is 409 g/mol. The Bertz CT molecular complexity index is 1160. The van der Waals surface area contributed by atoms with Crippen molar-refractivity contribution in [2.75, 3.05) is 26.8 Å². The number of ether oxygens (including phenoxy) is 2. The maximum absolute atomic E-state index is 12.6. The summed E-state index contributed by atoms with van der Waals surface area (Å²) in [6.45, 7) is 7.70. The third kappa shape index (κ3) is 3.74. The van der Waals surface area contributed by atoms with Crippen LogP contribution in [0.2, 0.25) is 0 Å². The van der Waals surface area contributed by atoms with Gasteiger partial charge in [0.2, 0.25) is 0 Å². The summed E-state index contributed by atoms with van der Waals surface area (Å²) < 4.78 is 16.7. The van der Waals surface area contributed by atoms with Crippen molar-refractivity contribution in [2.24, 2.45) is 11.8 Å². The van der Waals surface area contributed by atoms with Crippen molar-refractivity contribution < 1.29 is 18.7 Å². The molecule has 4 rings (SSSR count). The molecule has 6 nitrogen and oxygen atoms in total. The predicted octanol–water partition coefficient (Wildman–Crippen LogP) is 4.15. The summed E-state index contributed by atoms with van der Waals surface area (Å²) in [5.74, 6) is 2.14. The van der Waals surface area contributed by atoms with Crippen molar-refractivity contribution in [1.82, 2.24) is 4.90 Å². The van der Waals surface area contributed by atoms with E-state index in [1.807, 2.05) is 36.1 Å². The van der Waals surface area contributed by atoms with Gasteiger partial charge in [-0.05, 0) is 55.5 Å². The number of carbonyl (C=O) groups is 1. The molecule has 2 atom stereocenters. The molecule has 2 heterocycles. The lowest BCUT2D eigenvalue weighted by Gasteiger charge is -2.34. The van der Waals surface area contributed by atoms with Gasteiger partial charge in [0.25, 0.3) is 5.91 Å². The fourth-order valence-electron chi connectivity index (χ4n) is 4.47. The largest absolute Gasteiger partial charge is 0.497 e. The zero-order chi connectivity index (χ0) is 21.4. The molecule has 0 aliphatic carbocycles. The van der Waals surface area contributed by atoms with Gasteiger partial charge in [-0.25, -0.2) is 4.79 Å². The molecule has 1 amide bonds. The highest BCUT2D eigenvalue weighted by atomic mass is 16.5. The summed E-state index contributed by atoms with van der Waals surface area (Å²) in [5, 5.41) is 2.09. The number of hydrogen-bond acceptors (Lipinski definition) is 5. The molecular weight excluding hydrogens is 382 g/mol. The van der Waals surface area contributed by atoms with Crippen molar-refractivity contribution in [1.29, 1.82) is 0 Å². The fourth-order valence-corrected chi connectivity index (χ4v) is 4.47. The SMILES string of the molecule is COc1ccc2c(c1)c(=O)oc1c(C)c(OCC(=O)N3C[C@H](C)C[C@@H](C)C3)ccc12. The van der Waals surface area contributed by atoms with Crippen LogP contribution in [0.5, 0.6) is 11.5 Å². The Balaban J connectivity index is 1.61. The zero-order valence-corrected chi connectivity index (χ0v) is 17.9. The number of hydrogen-bond donors (Lipinski definition) is 0. The molecule has 0 spiro atoms.